The summed E-state index contributed by atoms with van der Waals surface area (Å²) in [6.45, 7) is 1.31. The van der Waals surface area contributed by atoms with E-state index in [-0.39, 0.29) is 5.95 Å². The van der Waals surface area contributed by atoms with Gasteiger partial charge in [0, 0.05) is 24.1 Å². The van der Waals surface area contributed by atoms with E-state index in [1.165, 1.54) is 5.56 Å². The lowest BCUT2D eigenvalue weighted by molar-refractivity contribution is -0.106. The van der Waals surface area contributed by atoms with E-state index in [0.29, 0.717) is 12.4 Å². The molecule has 0 saturated heterocycles. The molecule has 2 aromatic rings. The molecule has 0 aliphatic carbocycles. The summed E-state index contributed by atoms with van der Waals surface area (Å²) in [5.74, 6) is 0.885. The largest absolute Gasteiger partial charge is 0.368 e. The molecule has 1 aliphatic rings. The number of rotatable bonds is 4. The van der Waals surface area contributed by atoms with Crippen LogP contribution in [0.5, 0.6) is 0 Å². The number of aromatic nitrogens is 2. The molecule has 0 fully saturated rings. The summed E-state index contributed by atoms with van der Waals surface area (Å²) >= 11 is 0. The molecule has 0 radical (unpaired) electrons. The van der Waals surface area contributed by atoms with Crippen LogP contribution in [0.1, 0.15) is 5.56 Å². The van der Waals surface area contributed by atoms with Crippen molar-refractivity contribution in [2.24, 2.45) is 0 Å². The van der Waals surface area contributed by atoms with Crippen LogP contribution in [0.25, 0.3) is 0 Å². The minimum Gasteiger partial charge on any atom is -0.368 e. The van der Waals surface area contributed by atoms with E-state index in [0.717, 1.165) is 30.6 Å². The first-order valence-corrected chi connectivity index (χ1v) is 6.43. The lowest BCUT2D eigenvalue weighted by Crippen LogP contribution is -2.22. The highest BCUT2D eigenvalue weighted by atomic mass is 16.1. The van der Waals surface area contributed by atoms with Crippen molar-refractivity contribution in [3.8, 4) is 0 Å². The molecule has 2 heterocycles. The van der Waals surface area contributed by atoms with Gasteiger partial charge in [-0.1, -0.05) is 6.07 Å². The van der Waals surface area contributed by atoms with Gasteiger partial charge in [-0.2, -0.15) is 4.98 Å². The van der Waals surface area contributed by atoms with Gasteiger partial charge in [-0.05, 0) is 30.2 Å². The molecule has 102 valence electrons. The van der Waals surface area contributed by atoms with Crippen LogP contribution in [0.3, 0.4) is 0 Å². The third-order valence-corrected chi connectivity index (χ3v) is 3.32. The number of benzene rings is 1. The second-order valence-electron chi connectivity index (χ2n) is 4.63. The topological polar surface area (TPSA) is 84.1 Å². The lowest BCUT2D eigenvalue weighted by Gasteiger charge is -2.16. The average molecular weight is 269 g/mol. The minimum atomic E-state index is 0.235. The fourth-order valence-electron chi connectivity index (χ4n) is 2.39. The number of hydrogen-bond acceptors (Lipinski definition) is 6. The normalized spacial score (nSPS) is 13.1. The van der Waals surface area contributed by atoms with Crippen LogP contribution in [0.2, 0.25) is 0 Å². The SMILES string of the molecule is Nc1nccc(Nc2ccc3c(c2)N(CC=O)CC3)n1. The van der Waals surface area contributed by atoms with Crippen LogP contribution < -0.4 is 16.0 Å². The van der Waals surface area contributed by atoms with Crippen molar-refractivity contribution >= 4 is 29.4 Å². The Balaban J connectivity index is 1.85. The number of nitrogens with zero attached hydrogens (tertiary/aromatic N) is 3. The van der Waals surface area contributed by atoms with Gasteiger partial charge in [0.1, 0.15) is 12.1 Å². The van der Waals surface area contributed by atoms with Gasteiger partial charge in [0.05, 0.1) is 6.54 Å². The van der Waals surface area contributed by atoms with Crippen LogP contribution in [0, 0.1) is 0 Å². The molecule has 0 amide bonds. The molecule has 0 saturated carbocycles. The monoisotopic (exact) mass is 269 g/mol. The Morgan fingerprint density at radius 3 is 3.10 bits per heavy atom. The Hall–Kier alpha value is -2.63. The molecule has 3 rings (SSSR count). The van der Waals surface area contributed by atoms with Crippen molar-refractivity contribution < 1.29 is 4.79 Å². The Kier molecular flexibility index (Phi) is 3.20. The lowest BCUT2D eigenvalue weighted by atomic mass is 10.1. The highest BCUT2D eigenvalue weighted by Crippen LogP contribution is 2.31. The molecule has 1 aliphatic heterocycles. The van der Waals surface area contributed by atoms with Crippen LogP contribution in [-0.4, -0.2) is 29.3 Å². The Bertz CT molecular complexity index is 643. The first-order valence-electron chi connectivity index (χ1n) is 6.43. The molecule has 20 heavy (non-hydrogen) atoms. The molecular weight excluding hydrogens is 254 g/mol. The molecule has 1 aromatic heterocycles. The molecule has 0 spiro atoms. The molecule has 0 bridgehead atoms. The van der Waals surface area contributed by atoms with Gasteiger partial charge in [-0.25, -0.2) is 4.98 Å². The van der Waals surface area contributed by atoms with Gasteiger partial charge in [-0.3, -0.25) is 0 Å². The summed E-state index contributed by atoms with van der Waals surface area (Å²) < 4.78 is 0. The third kappa shape index (κ3) is 2.40. The van der Waals surface area contributed by atoms with Crippen molar-refractivity contribution in [1.82, 2.24) is 9.97 Å². The van der Waals surface area contributed by atoms with E-state index >= 15 is 0 Å². The summed E-state index contributed by atoms with van der Waals surface area (Å²) in [5, 5.41) is 3.19. The Morgan fingerprint density at radius 2 is 2.30 bits per heavy atom. The maximum absolute atomic E-state index is 10.7. The number of hydrogen-bond donors (Lipinski definition) is 2. The van der Waals surface area contributed by atoms with Crippen LogP contribution in [-0.2, 0) is 11.2 Å². The molecule has 6 heteroatoms. The number of fused-ring (bicyclic) bond motifs is 1. The number of anilines is 4. The van der Waals surface area contributed by atoms with E-state index in [1.54, 1.807) is 12.3 Å². The van der Waals surface area contributed by atoms with Gasteiger partial charge in [-0.15, -0.1) is 0 Å². The maximum atomic E-state index is 10.7. The van der Waals surface area contributed by atoms with Crippen molar-refractivity contribution in [2.75, 3.05) is 29.0 Å². The van der Waals surface area contributed by atoms with Crippen LogP contribution >= 0.6 is 0 Å². The van der Waals surface area contributed by atoms with Gasteiger partial charge < -0.3 is 20.7 Å². The minimum absolute atomic E-state index is 0.235. The smallest absolute Gasteiger partial charge is 0.221 e. The van der Waals surface area contributed by atoms with Gasteiger partial charge in [0.2, 0.25) is 5.95 Å². The third-order valence-electron chi connectivity index (χ3n) is 3.32. The first kappa shape index (κ1) is 12.4. The summed E-state index contributed by atoms with van der Waals surface area (Å²) in [5.41, 5.74) is 8.84. The summed E-state index contributed by atoms with van der Waals surface area (Å²) in [7, 11) is 0. The van der Waals surface area contributed by atoms with Gasteiger partial charge in [0.25, 0.3) is 0 Å². The Morgan fingerprint density at radius 1 is 1.40 bits per heavy atom. The maximum Gasteiger partial charge on any atom is 0.221 e. The van der Waals surface area contributed by atoms with Crippen molar-refractivity contribution in [3.05, 3.63) is 36.0 Å². The van der Waals surface area contributed by atoms with Crippen molar-refractivity contribution in [1.29, 1.82) is 0 Å². The fourth-order valence-corrected chi connectivity index (χ4v) is 2.39. The van der Waals surface area contributed by atoms with Crippen molar-refractivity contribution in [3.63, 3.8) is 0 Å². The standard InChI is InChI=1S/C14H15N5O/c15-14-16-5-3-13(18-14)17-11-2-1-10-4-6-19(7-8-20)12(10)9-11/h1-3,5,8-9H,4,6-7H2,(H3,15,16,17,18). The fraction of sp³-hybridized carbons (Fsp3) is 0.214. The molecule has 6 nitrogen and oxygen atoms in total. The zero-order valence-corrected chi connectivity index (χ0v) is 10.9. The second kappa shape index (κ2) is 5.16. The number of nitrogen functional groups attached to an aromatic ring is 1. The van der Waals surface area contributed by atoms with E-state index < -0.39 is 0 Å². The predicted molar refractivity (Wildman–Crippen MR) is 78.2 cm³/mol. The van der Waals surface area contributed by atoms with E-state index in [2.05, 4.69) is 26.3 Å². The summed E-state index contributed by atoms with van der Waals surface area (Å²) in [4.78, 5) is 20.7. The van der Waals surface area contributed by atoms with Gasteiger partial charge >= 0.3 is 0 Å². The van der Waals surface area contributed by atoms with Gasteiger partial charge in [0.15, 0.2) is 0 Å². The molecule has 0 atom stereocenters. The first-order chi connectivity index (χ1) is 9.76. The molecule has 3 N–H and O–H groups in total. The summed E-state index contributed by atoms with van der Waals surface area (Å²) in [6, 6.07) is 7.87. The summed E-state index contributed by atoms with van der Waals surface area (Å²) in [6.07, 6.45) is 3.51. The number of carbonyl (C=O) groups is 1. The number of carbonyl (C=O) groups excluding carboxylic acids is 1. The Labute approximate surface area is 116 Å². The number of nitrogens with two attached hydrogens (primary N) is 1. The molecule has 1 aromatic carbocycles. The second-order valence-corrected chi connectivity index (χ2v) is 4.63. The zero-order chi connectivity index (χ0) is 13.9. The zero-order valence-electron chi connectivity index (χ0n) is 10.9. The van der Waals surface area contributed by atoms with E-state index in [4.69, 9.17) is 5.73 Å². The predicted octanol–water partition coefficient (Wildman–Crippen LogP) is 1.36. The average Bonchev–Trinajstić information content (AvgIpc) is 2.82. The number of nitrogens with one attached hydrogen (secondary N) is 1. The molecular formula is C14H15N5O. The van der Waals surface area contributed by atoms with Crippen molar-refractivity contribution in [2.45, 2.75) is 6.42 Å². The van der Waals surface area contributed by atoms with E-state index in [1.807, 2.05) is 12.1 Å². The van der Waals surface area contributed by atoms with Crippen LogP contribution in [0.4, 0.5) is 23.1 Å². The highest BCUT2D eigenvalue weighted by molar-refractivity contribution is 5.71. The molecule has 0 unspecified atom stereocenters. The van der Waals surface area contributed by atoms with E-state index in [9.17, 15) is 4.79 Å². The quantitative estimate of drug-likeness (QED) is 0.815. The van der Waals surface area contributed by atoms with Crippen LogP contribution in [0.15, 0.2) is 30.5 Å². The highest BCUT2D eigenvalue weighted by Gasteiger charge is 2.18. The number of aldehydes is 1.